The molecule has 1 aromatic carbocycles. The van der Waals surface area contributed by atoms with Gasteiger partial charge < -0.3 is 19.4 Å². The Balaban J connectivity index is 1.19. The van der Waals surface area contributed by atoms with Crippen LogP contribution in [-0.4, -0.2) is 98.6 Å². The predicted molar refractivity (Wildman–Crippen MR) is 112 cm³/mol. The first-order chi connectivity index (χ1) is 14.1. The van der Waals surface area contributed by atoms with Crippen LogP contribution in [0.3, 0.4) is 0 Å². The molecule has 1 unspecified atom stereocenters. The Bertz CT molecular complexity index is 693. The second-order valence-electron chi connectivity index (χ2n) is 8.40. The SMILES string of the molecule is CC(CN1CCOCC1)C(=O)N1CC(C(=O)N2CCN(c3ccccc3)CC2)C1. The highest BCUT2D eigenvalue weighted by molar-refractivity contribution is 5.85. The summed E-state index contributed by atoms with van der Waals surface area (Å²) in [5.74, 6) is 0.327. The highest BCUT2D eigenvalue weighted by atomic mass is 16.5. The minimum atomic E-state index is -0.0298. The van der Waals surface area contributed by atoms with E-state index in [-0.39, 0.29) is 23.7 Å². The molecule has 3 heterocycles. The first-order valence-electron chi connectivity index (χ1n) is 10.8. The fourth-order valence-electron chi connectivity index (χ4n) is 4.46. The summed E-state index contributed by atoms with van der Waals surface area (Å²) in [6.45, 7) is 10.4. The van der Waals surface area contributed by atoms with Crippen molar-refractivity contribution in [2.45, 2.75) is 6.92 Å². The maximum atomic E-state index is 12.8. The van der Waals surface area contributed by atoms with Crippen molar-refractivity contribution in [2.75, 3.05) is 77.0 Å². The zero-order valence-corrected chi connectivity index (χ0v) is 17.3. The van der Waals surface area contributed by atoms with Crippen LogP contribution in [0.2, 0.25) is 0 Å². The van der Waals surface area contributed by atoms with Gasteiger partial charge in [0.25, 0.3) is 0 Å². The van der Waals surface area contributed by atoms with Gasteiger partial charge in [-0.3, -0.25) is 14.5 Å². The lowest BCUT2D eigenvalue weighted by Gasteiger charge is -2.44. The summed E-state index contributed by atoms with van der Waals surface area (Å²) in [6, 6.07) is 10.4. The van der Waals surface area contributed by atoms with E-state index in [4.69, 9.17) is 4.74 Å². The zero-order valence-electron chi connectivity index (χ0n) is 17.3. The Morgan fingerprint density at radius 3 is 2.28 bits per heavy atom. The molecule has 29 heavy (non-hydrogen) atoms. The van der Waals surface area contributed by atoms with Crippen LogP contribution in [0, 0.1) is 11.8 Å². The van der Waals surface area contributed by atoms with Crippen LogP contribution in [0.25, 0.3) is 0 Å². The first kappa shape index (κ1) is 20.2. The molecule has 4 rings (SSSR count). The van der Waals surface area contributed by atoms with Crippen molar-refractivity contribution < 1.29 is 14.3 Å². The van der Waals surface area contributed by atoms with Crippen LogP contribution in [0.15, 0.2) is 30.3 Å². The van der Waals surface area contributed by atoms with Gasteiger partial charge in [0.1, 0.15) is 0 Å². The van der Waals surface area contributed by atoms with E-state index in [1.165, 1.54) is 5.69 Å². The van der Waals surface area contributed by atoms with E-state index >= 15 is 0 Å². The summed E-state index contributed by atoms with van der Waals surface area (Å²) in [7, 11) is 0. The molecule has 2 amide bonds. The molecule has 7 heteroatoms. The molecular weight excluding hydrogens is 368 g/mol. The van der Waals surface area contributed by atoms with Crippen molar-refractivity contribution >= 4 is 17.5 Å². The fraction of sp³-hybridized carbons (Fsp3) is 0.636. The number of amides is 2. The van der Waals surface area contributed by atoms with Crippen molar-refractivity contribution in [1.29, 1.82) is 0 Å². The molecule has 1 atom stereocenters. The standard InChI is InChI=1S/C22H32N4O3/c1-18(15-23-11-13-29-14-12-23)21(27)26-16-19(17-26)22(28)25-9-7-24(8-10-25)20-5-3-2-4-6-20/h2-6,18-19H,7-17H2,1H3. The summed E-state index contributed by atoms with van der Waals surface area (Å²) in [4.78, 5) is 34.0. The summed E-state index contributed by atoms with van der Waals surface area (Å²) in [5.41, 5.74) is 1.22. The lowest BCUT2D eigenvalue weighted by Crippen LogP contribution is -2.60. The Hall–Kier alpha value is -2.12. The zero-order chi connectivity index (χ0) is 20.2. The van der Waals surface area contributed by atoms with Crippen LogP contribution in [0.1, 0.15) is 6.92 Å². The number of carbonyl (C=O) groups excluding carboxylic acids is 2. The summed E-state index contributed by atoms with van der Waals surface area (Å²) in [6.07, 6.45) is 0. The number of benzene rings is 1. The minimum Gasteiger partial charge on any atom is -0.379 e. The minimum absolute atomic E-state index is 0.0291. The highest BCUT2D eigenvalue weighted by Gasteiger charge is 2.39. The molecule has 0 spiro atoms. The highest BCUT2D eigenvalue weighted by Crippen LogP contribution is 2.23. The molecule has 0 saturated carbocycles. The van der Waals surface area contributed by atoms with Gasteiger partial charge in [-0.05, 0) is 12.1 Å². The number of nitrogens with zero attached hydrogens (tertiary/aromatic N) is 4. The number of anilines is 1. The van der Waals surface area contributed by atoms with Crippen molar-refractivity contribution in [3.05, 3.63) is 30.3 Å². The Labute approximate surface area is 173 Å². The molecule has 3 aliphatic heterocycles. The maximum Gasteiger partial charge on any atom is 0.229 e. The Morgan fingerprint density at radius 2 is 1.62 bits per heavy atom. The van der Waals surface area contributed by atoms with Gasteiger partial charge in [0.15, 0.2) is 0 Å². The van der Waals surface area contributed by atoms with Gasteiger partial charge in [-0.15, -0.1) is 0 Å². The summed E-state index contributed by atoms with van der Waals surface area (Å²) >= 11 is 0. The number of rotatable bonds is 5. The molecule has 158 valence electrons. The number of hydrogen-bond acceptors (Lipinski definition) is 5. The van der Waals surface area contributed by atoms with Crippen LogP contribution in [0.5, 0.6) is 0 Å². The third-order valence-corrected chi connectivity index (χ3v) is 6.31. The van der Waals surface area contributed by atoms with Crippen LogP contribution in [0.4, 0.5) is 5.69 Å². The number of ether oxygens (including phenoxy) is 1. The molecule has 0 aromatic heterocycles. The van der Waals surface area contributed by atoms with Crippen LogP contribution < -0.4 is 4.90 Å². The lowest BCUT2D eigenvalue weighted by atomic mass is 9.95. The molecule has 7 nitrogen and oxygen atoms in total. The molecule has 3 aliphatic rings. The first-order valence-corrected chi connectivity index (χ1v) is 10.8. The molecule has 3 saturated heterocycles. The second-order valence-corrected chi connectivity index (χ2v) is 8.40. The van der Waals surface area contributed by atoms with E-state index in [2.05, 4.69) is 21.9 Å². The molecule has 0 N–H and O–H groups in total. The van der Waals surface area contributed by atoms with E-state index < -0.39 is 0 Å². The quantitative estimate of drug-likeness (QED) is 0.731. The fourth-order valence-corrected chi connectivity index (χ4v) is 4.46. The van der Waals surface area contributed by atoms with E-state index in [0.29, 0.717) is 13.1 Å². The third-order valence-electron chi connectivity index (χ3n) is 6.31. The molecule has 3 fully saturated rings. The number of carbonyl (C=O) groups is 2. The lowest BCUT2D eigenvalue weighted by molar-refractivity contribution is -0.151. The smallest absolute Gasteiger partial charge is 0.229 e. The van der Waals surface area contributed by atoms with Gasteiger partial charge in [-0.2, -0.15) is 0 Å². The Kier molecular flexibility index (Phi) is 6.35. The van der Waals surface area contributed by atoms with Gasteiger partial charge in [0, 0.05) is 70.5 Å². The van der Waals surface area contributed by atoms with Crippen molar-refractivity contribution in [3.8, 4) is 0 Å². The predicted octanol–water partition coefficient (Wildman–Crippen LogP) is 0.762. The second kappa shape index (κ2) is 9.13. The third kappa shape index (κ3) is 4.73. The number of likely N-dealkylation sites (tertiary alicyclic amines) is 1. The summed E-state index contributed by atoms with van der Waals surface area (Å²) in [5, 5.41) is 0. The monoisotopic (exact) mass is 400 g/mol. The van der Waals surface area contributed by atoms with Gasteiger partial charge in [-0.25, -0.2) is 0 Å². The van der Waals surface area contributed by atoms with E-state index in [0.717, 1.165) is 59.0 Å². The van der Waals surface area contributed by atoms with E-state index in [9.17, 15) is 9.59 Å². The van der Waals surface area contributed by atoms with E-state index in [1.807, 2.05) is 34.9 Å². The van der Waals surface area contributed by atoms with Crippen molar-refractivity contribution in [3.63, 3.8) is 0 Å². The van der Waals surface area contributed by atoms with Gasteiger partial charge in [-0.1, -0.05) is 25.1 Å². The molecule has 1 aromatic rings. The maximum absolute atomic E-state index is 12.8. The number of para-hydroxylation sites is 1. The number of piperazine rings is 1. The Morgan fingerprint density at radius 1 is 0.966 bits per heavy atom. The van der Waals surface area contributed by atoms with Crippen LogP contribution in [-0.2, 0) is 14.3 Å². The molecule has 0 aliphatic carbocycles. The largest absolute Gasteiger partial charge is 0.379 e. The average molecular weight is 401 g/mol. The average Bonchev–Trinajstić information content (AvgIpc) is 2.74. The van der Waals surface area contributed by atoms with Gasteiger partial charge in [0.2, 0.25) is 11.8 Å². The van der Waals surface area contributed by atoms with Gasteiger partial charge in [0.05, 0.1) is 19.1 Å². The molecule has 0 bridgehead atoms. The van der Waals surface area contributed by atoms with Crippen molar-refractivity contribution in [1.82, 2.24) is 14.7 Å². The van der Waals surface area contributed by atoms with Gasteiger partial charge >= 0.3 is 0 Å². The normalized spacial score (nSPS) is 22.3. The van der Waals surface area contributed by atoms with Crippen molar-refractivity contribution in [2.24, 2.45) is 11.8 Å². The summed E-state index contributed by atoms with van der Waals surface area (Å²) < 4.78 is 5.37. The topological polar surface area (TPSA) is 56.3 Å². The molecule has 0 radical (unpaired) electrons. The van der Waals surface area contributed by atoms with E-state index in [1.54, 1.807) is 0 Å². The molecular formula is C22H32N4O3. The number of hydrogen-bond donors (Lipinski definition) is 0. The van der Waals surface area contributed by atoms with Crippen LogP contribution >= 0.6 is 0 Å². The number of morpholine rings is 1.